The van der Waals surface area contributed by atoms with Crippen LogP contribution < -0.4 is 4.72 Å². The lowest BCUT2D eigenvalue weighted by molar-refractivity contribution is 0.591. The molecule has 1 heterocycles. The summed E-state index contributed by atoms with van der Waals surface area (Å²) in [6, 6.07) is 5.18. The number of hydrogen-bond acceptors (Lipinski definition) is 3. The molecule has 0 bridgehead atoms. The third-order valence-corrected chi connectivity index (χ3v) is 3.45. The van der Waals surface area contributed by atoms with Crippen molar-refractivity contribution in [2.45, 2.75) is 18.7 Å². The van der Waals surface area contributed by atoms with E-state index in [0.717, 1.165) is 5.56 Å². The fourth-order valence-electron chi connectivity index (χ4n) is 1.38. The van der Waals surface area contributed by atoms with Crippen LogP contribution in [0.15, 0.2) is 28.1 Å². The Morgan fingerprint density at radius 2 is 2.00 bits per heavy atom. The fourth-order valence-corrected chi connectivity index (χ4v) is 2.66. The number of sulfonamides is 1. The second-order valence-corrected chi connectivity index (χ2v) is 4.92. The number of hydrogen-bond donors (Lipinski definition) is 1. The van der Waals surface area contributed by atoms with Crippen LogP contribution in [-0.2, 0) is 10.0 Å². The van der Waals surface area contributed by atoms with Gasteiger partial charge in [0.15, 0.2) is 0 Å². The summed E-state index contributed by atoms with van der Waals surface area (Å²) < 4.78 is 25.6. The average Bonchev–Trinajstić information content (AvgIpc) is 2.05. The summed E-state index contributed by atoms with van der Waals surface area (Å²) in [6.45, 7) is 3.47. The molecule has 14 heavy (non-hydrogen) atoms. The first-order valence-electron chi connectivity index (χ1n) is 4.18. The Morgan fingerprint density at radius 3 is 2.71 bits per heavy atom. The predicted octanol–water partition coefficient (Wildman–Crippen LogP) is 1.34. The van der Waals surface area contributed by atoms with Gasteiger partial charge < -0.3 is 0 Å². The Kier molecular flexibility index (Phi) is 1.85. The quantitative estimate of drug-likeness (QED) is 0.702. The van der Waals surface area contributed by atoms with Crippen LogP contribution in [0.4, 0.5) is 5.69 Å². The van der Waals surface area contributed by atoms with E-state index >= 15 is 0 Å². The second kappa shape index (κ2) is 2.81. The molecule has 0 fully saturated rings. The van der Waals surface area contributed by atoms with E-state index in [2.05, 4.69) is 9.71 Å². The summed E-state index contributed by atoms with van der Waals surface area (Å²) >= 11 is 0. The Morgan fingerprint density at radius 1 is 1.29 bits per heavy atom. The van der Waals surface area contributed by atoms with Crippen molar-refractivity contribution in [2.75, 3.05) is 0 Å². The van der Waals surface area contributed by atoms with E-state index in [9.17, 15) is 8.42 Å². The Labute approximate surface area is 82.7 Å². The molecule has 0 saturated carbocycles. The number of nitrogens with one attached hydrogen (secondary N) is 1. The van der Waals surface area contributed by atoms with Gasteiger partial charge in [0.1, 0.15) is 10.7 Å². The molecular weight excluding hydrogens is 200 g/mol. The largest absolute Gasteiger partial charge is 0.267 e. The summed E-state index contributed by atoms with van der Waals surface area (Å²) in [6.07, 6.45) is 0. The third kappa shape index (κ3) is 1.39. The van der Waals surface area contributed by atoms with Crippen LogP contribution in [0.2, 0.25) is 0 Å². The highest BCUT2D eigenvalue weighted by molar-refractivity contribution is 7.90. The van der Waals surface area contributed by atoms with E-state index in [-0.39, 0.29) is 4.90 Å². The maximum atomic E-state index is 11.6. The molecule has 0 unspecified atom stereocenters. The SMILES string of the molecule is CC1=Nc2ccc(C)cc2S(=O)(=O)N1. The zero-order chi connectivity index (χ0) is 10.3. The number of rotatable bonds is 0. The molecule has 0 aliphatic carbocycles. The van der Waals surface area contributed by atoms with Crippen molar-refractivity contribution in [1.82, 2.24) is 4.72 Å². The highest BCUT2D eigenvalue weighted by Crippen LogP contribution is 2.27. The van der Waals surface area contributed by atoms with Gasteiger partial charge in [-0.1, -0.05) is 6.07 Å². The molecule has 0 atom stereocenters. The summed E-state index contributed by atoms with van der Waals surface area (Å²) in [4.78, 5) is 4.36. The minimum Gasteiger partial charge on any atom is -0.267 e. The van der Waals surface area contributed by atoms with Crippen molar-refractivity contribution in [1.29, 1.82) is 0 Å². The molecule has 0 radical (unpaired) electrons. The Hall–Kier alpha value is -1.36. The summed E-state index contributed by atoms with van der Waals surface area (Å²) in [5.41, 5.74) is 1.41. The second-order valence-electron chi connectivity index (χ2n) is 3.27. The van der Waals surface area contributed by atoms with Crippen LogP contribution in [0.25, 0.3) is 0 Å². The number of benzene rings is 1. The topological polar surface area (TPSA) is 58.5 Å². The number of aliphatic imine (C=N–C) groups is 1. The van der Waals surface area contributed by atoms with Crippen LogP contribution in [0.5, 0.6) is 0 Å². The van der Waals surface area contributed by atoms with Crippen LogP contribution in [0.1, 0.15) is 12.5 Å². The van der Waals surface area contributed by atoms with Gasteiger partial charge >= 0.3 is 0 Å². The maximum Gasteiger partial charge on any atom is 0.264 e. The van der Waals surface area contributed by atoms with Crippen molar-refractivity contribution in [3.05, 3.63) is 23.8 Å². The molecular formula is C9H10N2O2S. The summed E-state index contributed by atoms with van der Waals surface area (Å²) in [5, 5.41) is 0. The third-order valence-electron chi connectivity index (χ3n) is 1.98. The molecule has 74 valence electrons. The van der Waals surface area contributed by atoms with Gasteiger partial charge in [0.2, 0.25) is 0 Å². The van der Waals surface area contributed by atoms with E-state index in [1.807, 2.05) is 13.0 Å². The molecule has 4 nitrogen and oxygen atoms in total. The normalized spacial score (nSPS) is 18.0. The van der Waals surface area contributed by atoms with Gasteiger partial charge in [-0.15, -0.1) is 0 Å². The first-order chi connectivity index (χ1) is 6.49. The van der Waals surface area contributed by atoms with E-state index in [1.54, 1.807) is 19.1 Å². The molecule has 5 heteroatoms. The predicted molar refractivity (Wildman–Crippen MR) is 54.3 cm³/mol. The zero-order valence-electron chi connectivity index (χ0n) is 7.90. The average molecular weight is 210 g/mol. The van der Waals surface area contributed by atoms with E-state index in [0.29, 0.717) is 11.5 Å². The molecule has 2 rings (SSSR count). The standard InChI is InChI=1S/C9H10N2O2S/c1-6-3-4-8-9(5-6)14(12,13)11-7(2)10-8/h3-5H,1-2H3,(H,10,11). The van der Waals surface area contributed by atoms with Gasteiger partial charge in [0, 0.05) is 0 Å². The smallest absolute Gasteiger partial charge is 0.264 e. The van der Waals surface area contributed by atoms with Gasteiger partial charge in [0.25, 0.3) is 10.0 Å². The van der Waals surface area contributed by atoms with Crippen LogP contribution in [0, 0.1) is 6.92 Å². The maximum absolute atomic E-state index is 11.6. The molecule has 1 aliphatic rings. The van der Waals surface area contributed by atoms with Crippen molar-refractivity contribution < 1.29 is 8.42 Å². The van der Waals surface area contributed by atoms with Crippen LogP contribution >= 0.6 is 0 Å². The van der Waals surface area contributed by atoms with Gasteiger partial charge in [-0.2, -0.15) is 0 Å². The van der Waals surface area contributed by atoms with Gasteiger partial charge in [-0.25, -0.2) is 13.4 Å². The monoisotopic (exact) mass is 210 g/mol. The lowest BCUT2D eigenvalue weighted by Crippen LogP contribution is -2.31. The van der Waals surface area contributed by atoms with Gasteiger partial charge in [-0.3, -0.25) is 4.72 Å². The molecule has 1 aliphatic heterocycles. The van der Waals surface area contributed by atoms with Crippen molar-refractivity contribution >= 4 is 21.5 Å². The molecule has 0 saturated heterocycles. The minimum absolute atomic E-state index is 0.253. The molecule has 0 spiro atoms. The first-order valence-corrected chi connectivity index (χ1v) is 5.66. The lowest BCUT2D eigenvalue weighted by atomic mass is 10.2. The molecule has 0 amide bonds. The van der Waals surface area contributed by atoms with Crippen molar-refractivity contribution in [3.63, 3.8) is 0 Å². The fraction of sp³-hybridized carbons (Fsp3) is 0.222. The number of aryl methyl sites for hydroxylation is 1. The van der Waals surface area contributed by atoms with Crippen LogP contribution in [0.3, 0.4) is 0 Å². The summed E-state index contributed by atoms with van der Waals surface area (Å²) in [5.74, 6) is 0.404. The van der Waals surface area contributed by atoms with Gasteiger partial charge in [-0.05, 0) is 31.5 Å². The lowest BCUT2D eigenvalue weighted by Gasteiger charge is -2.15. The van der Waals surface area contributed by atoms with E-state index in [1.165, 1.54) is 0 Å². The van der Waals surface area contributed by atoms with E-state index < -0.39 is 10.0 Å². The highest BCUT2D eigenvalue weighted by Gasteiger charge is 2.23. The molecule has 1 N–H and O–H groups in total. The zero-order valence-corrected chi connectivity index (χ0v) is 8.72. The molecule has 1 aromatic rings. The summed E-state index contributed by atoms with van der Waals surface area (Å²) in [7, 11) is -3.39. The van der Waals surface area contributed by atoms with E-state index in [4.69, 9.17) is 0 Å². The highest BCUT2D eigenvalue weighted by atomic mass is 32.2. The first kappa shape index (κ1) is 9.21. The van der Waals surface area contributed by atoms with Crippen molar-refractivity contribution in [2.24, 2.45) is 4.99 Å². The van der Waals surface area contributed by atoms with Crippen LogP contribution in [-0.4, -0.2) is 14.3 Å². The molecule has 1 aromatic carbocycles. The minimum atomic E-state index is -3.39. The number of nitrogens with zero attached hydrogens (tertiary/aromatic N) is 1. The van der Waals surface area contributed by atoms with Gasteiger partial charge in [0.05, 0.1) is 5.69 Å². The Bertz CT molecular complexity index is 518. The number of fused-ring (bicyclic) bond motifs is 1. The Balaban J connectivity index is 2.77. The van der Waals surface area contributed by atoms with Crippen molar-refractivity contribution in [3.8, 4) is 0 Å². The number of amidine groups is 1. The molecule has 0 aromatic heterocycles.